The lowest BCUT2D eigenvalue weighted by Crippen LogP contribution is -2.53. The highest BCUT2D eigenvalue weighted by atomic mass is 16.5. The first-order chi connectivity index (χ1) is 16.0. The summed E-state index contributed by atoms with van der Waals surface area (Å²) in [6.07, 6.45) is 1.20. The Balaban J connectivity index is 1.25. The van der Waals surface area contributed by atoms with E-state index in [4.69, 9.17) is 4.74 Å². The monoisotopic (exact) mass is 449 g/mol. The third-order valence-electron chi connectivity index (χ3n) is 6.63. The SMILES string of the molecule is CC1CC(C)CN(C(=O)CN2CCN(C(=O)COc3ccccc3-c3ccccc3)CC2)C1. The van der Waals surface area contributed by atoms with Gasteiger partial charge in [0.15, 0.2) is 6.61 Å². The number of carbonyl (C=O) groups is 2. The number of piperazine rings is 1. The van der Waals surface area contributed by atoms with E-state index in [0.717, 1.165) is 37.3 Å². The molecule has 4 rings (SSSR count). The fraction of sp³-hybridized carbons (Fsp3) is 0.481. The molecule has 33 heavy (non-hydrogen) atoms. The van der Waals surface area contributed by atoms with Crippen LogP contribution >= 0.6 is 0 Å². The molecule has 0 bridgehead atoms. The molecule has 0 saturated carbocycles. The molecule has 2 heterocycles. The number of ether oxygens (including phenoxy) is 1. The van der Waals surface area contributed by atoms with Crippen LogP contribution in [0.4, 0.5) is 0 Å². The summed E-state index contributed by atoms with van der Waals surface area (Å²) >= 11 is 0. The predicted octanol–water partition coefficient (Wildman–Crippen LogP) is 3.38. The van der Waals surface area contributed by atoms with Gasteiger partial charge in [0.1, 0.15) is 5.75 Å². The summed E-state index contributed by atoms with van der Waals surface area (Å²) in [6, 6.07) is 17.9. The molecule has 2 unspecified atom stereocenters. The molecule has 2 aliphatic rings. The number of benzene rings is 2. The van der Waals surface area contributed by atoms with E-state index in [0.29, 0.717) is 37.2 Å². The fourth-order valence-electron chi connectivity index (χ4n) is 4.99. The van der Waals surface area contributed by atoms with Crippen molar-refractivity contribution in [3.63, 3.8) is 0 Å². The molecular formula is C27H35N3O3. The molecule has 0 spiro atoms. The normalized spacial score (nSPS) is 21.6. The van der Waals surface area contributed by atoms with Gasteiger partial charge in [-0.25, -0.2) is 0 Å². The first kappa shape index (κ1) is 23.3. The molecule has 2 fully saturated rings. The average Bonchev–Trinajstić information content (AvgIpc) is 2.83. The molecule has 6 heteroatoms. The van der Waals surface area contributed by atoms with E-state index >= 15 is 0 Å². The quantitative estimate of drug-likeness (QED) is 0.679. The fourth-order valence-corrected chi connectivity index (χ4v) is 4.99. The number of para-hydroxylation sites is 1. The lowest BCUT2D eigenvalue weighted by Gasteiger charge is -2.38. The molecule has 2 aliphatic heterocycles. The molecule has 6 nitrogen and oxygen atoms in total. The van der Waals surface area contributed by atoms with Crippen LogP contribution in [0.5, 0.6) is 5.75 Å². The number of nitrogens with zero attached hydrogens (tertiary/aromatic N) is 3. The maximum atomic E-state index is 12.8. The number of amides is 2. The largest absolute Gasteiger partial charge is 0.483 e. The maximum absolute atomic E-state index is 12.8. The van der Waals surface area contributed by atoms with Gasteiger partial charge in [0.05, 0.1) is 6.54 Å². The Morgan fingerprint density at radius 2 is 1.45 bits per heavy atom. The van der Waals surface area contributed by atoms with Gasteiger partial charge in [0, 0.05) is 44.8 Å². The molecule has 176 valence electrons. The lowest BCUT2D eigenvalue weighted by atomic mass is 9.92. The molecule has 0 aromatic heterocycles. The maximum Gasteiger partial charge on any atom is 0.260 e. The molecular weight excluding hydrogens is 414 g/mol. The average molecular weight is 450 g/mol. The van der Waals surface area contributed by atoms with Crippen LogP contribution in [0.25, 0.3) is 11.1 Å². The highest BCUT2D eigenvalue weighted by Crippen LogP contribution is 2.29. The van der Waals surface area contributed by atoms with Crippen molar-refractivity contribution < 1.29 is 14.3 Å². The minimum Gasteiger partial charge on any atom is -0.483 e. The summed E-state index contributed by atoms with van der Waals surface area (Å²) in [5, 5.41) is 0. The summed E-state index contributed by atoms with van der Waals surface area (Å²) < 4.78 is 5.93. The third-order valence-corrected chi connectivity index (χ3v) is 6.63. The smallest absolute Gasteiger partial charge is 0.260 e. The molecule has 0 aliphatic carbocycles. The van der Waals surface area contributed by atoms with Gasteiger partial charge in [-0.05, 0) is 29.9 Å². The number of likely N-dealkylation sites (tertiary alicyclic amines) is 1. The summed E-state index contributed by atoms with van der Waals surface area (Å²) in [7, 11) is 0. The van der Waals surface area contributed by atoms with Crippen molar-refractivity contribution in [1.82, 2.24) is 14.7 Å². The van der Waals surface area contributed by atoms with Crippen LogP contribution in [0, 0.1) is 11.8 Å². The Morgan fingerprint density at radius 3 is 2.15 bits per heavy atom. The van der Waals surface area contributed by atoms with Gasteiger partial charge in [0.25, 0.3) is 5.91 Å². The molecule has 2 atom stereocenters. The Morgan fingerprint density at radius 1 is 0.818 bits per heavy atom. The number of hydrogen-bond acceptors (Lipinski definition) is 4. The highest BCUT2D eigenvalue weighted by Gasteiger charge is 2.28. The van der Waals surface area contributed by atoms with Gasteiger partial charge in [-0.3, -0.25) is 14.5 Å². The Hall–Kier alpha value is -2.86. The van der Waals surface area contributed by atoms with E-state index < -0.39 is 0 Å². The summed E-state index contributed by atoms with van der Waals surface area (Å²) in [5.74, 6) is 2.06. The van der Waals surface area contributed by atoms with Crippen molar-refractivity contribution >= 4 is 11.8 Å². The van der Waals surface area contributed by atoms with Crippen LogP contribution < -0.4 is 4.74 Å². The Kier molecular flexibility index (Phi) is 7.65. The molecule has 2 saturated heterocycles. The van der Waals surface area contributed by atoms with Crippen molar-refractivity contribution in [3.05, 3.63) is 54.6 Å². The van der Waals surface area contributed by atoms with Crippen LogP contribution in [0.15, 0.2) is 54.6 Å². The second kappa shape index (κ2) is 10.8. The van der Waals surface area contributed by atoms with E-state index in [2.05, 4.69) is 18.7 Å². The van der Waals surface area contributed by atoms with Crippen LogP contribution in [0.2, 0.25) is 0 Å². The van der Waals surface area contributed by atoms with Gasteiger partial charge in [-0.15, -0.1) is 0 Å². The van der Waals surface area contributed by atoms with Crippen molar-refractivity contribution in [2.75, 3.05) is 52.4 Å². The zero-order valence-corrected chi connectivity index (χ0v) is 19.8. The van der Waals surface area contributed by atoms with Gasteiger partial charge in [-0.1, -0.05) is 62.4 Å². The topological polar surface area (TPSA) is 53.1 Å². The highest BCUT2D eigenvalue weighted by molar-refractivity contribution is 5.79. The van der Waals surface area contributed by atoms with Gasteiger partial charge in [-0.2, -0.15) is 0 Å². The van der Waals surface area contributed by atoms with Gasteiger partial charge in [0.2, 0.25) is 5.91 Å². The van der Waals surface area contributed by atoms with E-state index in [1.165, 1.54) is 6.42 Å². The first-order valence-electron chi connectivity index (χ1n) is 12.0. The minimum atomic E-state index is -0.0116. The van der Waals surface area contributed by atoms with Crippen LogP contribution in [-0.2, 0) is 9.59 Å². The summed E-state index contributed by atoms with van der Waals surface area (Å²) in [6.45, 7) is 9.34. The third kappa shape index (κ3) is 6.14. The van der Waals surface area contributed by atoms with E-state index in [1.54, 1.807) is 0 Å². The van der Waals surface area contributed by atoms with Crippen molar-refractivity contribution in [2.24, 2.45) is 11.8 Å². The molecule has 2 amide bonds. The number of rotatable bonds is 6. The van der Waals surface area contributed by atoms with Crippen molar-refractivity contribution in [2.45, 2.75) is 20.3 Å². The van der Waals surface area contributed by atoms with E-state index in [-0.39, 0.29) is 18.4 Å². The molecule has 0 N–H and O–H groups in total. The number of piperidine rings is 1. The summed E-state index contributed by atoms with van der Waals surface area (Å²) in [4.78, 5) is 31.6. The Labute approximate surface area is 197 Å². The lowest BCUT2D eigenvalue weighted by molar-refractivity contribution is -0.137. The molecule has 0 radical (unpaired) electrons. The Bertz CT molecular complexity index is 931. The van der Waals surface area contributed by atoms with E-state index in [1.807, 2.05) is 64.4 Å². The zero-order valence-electron chi connectivity index (χ0n) is 19.8. The van der Waals surface area contributed by atoms with E-state index in [9.17, 15) is 9.59 Å². The number of carbonyl (C=O) groups excluding carboxylic acids is 2. The second-order valence-electron chi connectivity index (χ2n) is 9.55. The summed E-state index contributed by atoms with van der Waals surface area (Å²) in [5.41, 5.74) is 2.05. The number of hydrogen-bond donors (Lipinski definition) is 0. The van der Waals surface area contributed by atoms with Crippen LogP contribution in [0.3, 0.4) is 0 Å². The molecule has 2 aromatic rings. The zero-order chi connectivity index (χ0) is 23.2. The minimum absolute atomic E-state index is 0.0116. The first-order valence-corrected chi connectivity index (χ1v) is 12.0. The predicted molar refractivity (Wildman–Crippen MR) is 130 cm³/mol. The standard InChI is InChI=1S/C27H35N3O3/c1-21-16-22(2)18-30(17-21)26(31)19-28-12-14-29(15-13-28)27(32)20-33-25-11-7-6-10-24(25)23-8-4-3-5-9-23/h3-11,21-22H,12-20H2,1-2H3. The molecule has 2 aromatic carbocycles. The van der Waals surface area contributed by atoms with Crippen molar-refractivity contribution in [1.29, 1.82) is 0 Å². The van der Waals surface area contributed by atoms with Crippen LogP contribution in [0.1, 0.15) is 20.3 Å². The van der Waals surface area contributed by atoms with Gasteiger partial charge >= 0.3 is 0 Å². The van der Waals surface area contributed by atoms with Gasteiger partial charge < -0.3 is 14.5 Å². The van der Waals surface area contributed by atoms with Crippen LogP contribution in [-0.4, -0.2) is 78.9 Å². The second-order valence-corrected chi connectivity index (χ2v) is 9.55. The van der Waals surface area contributed by atoms with Crippen molar-refractivity contribution in [3.8, 4) is 16.9 Å².